The van der Waals surface area contributed by atoms with Crippen LogP contribution in [0, 0.1) is 0 Å². The number of carbonyl (C=O) groups is 1. The molecule has 1 unspecified atom stereocenters. The molecule has 1 aliphatic rings. The van der Waals surface area contributed by atoms with E-state index in [1.807, 2.05) is 11.8 Å². The van der Waals surface area contributed by atoms with Gasteiger partial charge in [0.05, 0.1) is 0 Å². The van der Waals surface area contributed by atoms with Crippen molar-refractivity contribution in [3.8, 4) is 0 Å². The fourth-order valence-electron chi connectivity index (χ4n) is 1.85. The number of rotatable bonds is 6. The van der Waals surface area contributed by atoms with Crippen molar-refractivity contribution in [3.63, 3.8) is 0 Å². The zero-order chi connectivity index (χ0) is 11.3. The third-order valence-electron chi connectivity index (χ3n) is 2.98. The molecule has 0 aromatic carbocycles. The Bertz CT molecular complexity index is 213. The van der Waals surface area contributed by atoms with Crippen LogP contribution in [0.2, 0.25) is 0 Å². The lowest BCUT2D eigenvalue weighted by molar-refractivity contribution is -0.142. The summed E-state index contributed by atoms with van der Waals surface area (Å²) in [4.78, 5) is 10.7. The Kier molecular flexibility index (Phi) is 4.93. The van der Waals surface area contributed by atoms with Gasteiger partial charge < -0.3 is 10.8 Å². The van der Waals surface area contributed by atoms with Crippen LogP contribution in [0.15, 0.2) is 0 Å². The maximum Gasteiger partial charge on any atom is 0.323 e. The van der Waals surface area contributed by atoms with Crippen LogP contribution in [-0.4, -0.2) is 27.6 Å². The number of hydrogen-bond donors (Lipinski definition) is 2. The third kappa shape index (κ3) is 4.43. The smallest absolute Gasteiger partial charge is 0.323 e. The van der Waals surface area contributed by atoms with Crippen molar-refractivity contribution < 1.29 is 9.90 Å². The van der Waals surface area contributed by atoms with E-state index >= 15 is 0 Å². The van der Waals surface area contributed by atoms with Crippen LogP contribution in [0.25, 0.3) is 0 Å². The predicted octanol–water partition coefficient (Wildman–Crippen LogP) is 2.24. The molecule has 0 radical (unpaired) electrons. The molecule has 0 bridgehead atoms. The minimum Gasteiger partial charge on any atom is -0.480 e. The fourth-order valence-corrected chi connectivity index (χ4v) is 3.16. The van der Waals surface area contributed by atoms with Crippen molar-refractivity contribution in [2.75, 3.05) is 5.75 Å². The van der Waals surface area contributed by atoms with Crippen molar-refractivity contribution in [1.82, 2.24) is 0 Å². The Morgan fingerprint density at radius 3 is 2.67 bits per heavy atom. The Morgan fingerprint density at radius 1 is 1.53 bits per heavy atom. The first-order chi connectivity index (χ1) is 7.02. The van der Waals surface area contributed by atoms with E-state index in [0.29, 0.717) is 6.42 Å². The molecule has 0 aliphatic heterocycles. The number of carboxylic acids is 1. The Labute approximate surface area is 95.8 Å². The van der Waals surface area contributed by atoms with Gasteiger partial charge in [-0.1, -0.05) is 12.8 Å². The summed E-state index contributed by atoms with van der Waals surface area (Å²) in [5, 5.41) is 9.64. The average molecular weight is 231 g/mol. The second-order valence-electron chi connectivity index (χ2n) is 4.60. The number of thioether (sulfide) groups is 1. The molecule has 0 heterocycles. The highest BCUT2D eigenvalue weighted by Gasteiger charge is 2.27. The van der Waals surface area contributed by atoms with Gasteiger partial charge in [0.1, 0.15) is 5.54 Å². The summed E-state index contributed by atoms with van der Waals surface area (Å²) < 4.78 is 0. The molecule has 0 aromatic rings. The third-order valence-corrected chi connectivity index (χ3v) is 4.45. The minimum atomic E-state index is -1.05. The topological polar surface area (TPSA) is 63.3 Å². The molecule has 3 nitrogen and oxygen atoms in total. The van der Waals surface area contributed by atoms with E-state index in [2.05, 4.69) is 0 Å². The van der Waals surface area contributed by atoms with Gasteiger partial charge in [0.15, 0.2) is 0 Å². The summed E-state index contributed by atoms with van der Waals surface area (Å²) in [6, 6.07) is 0. The molecule has 1 fully saturated rings. The zero-order valence-corrected chi connectivity index (χ0v) is 10.2. The summed E-state index contributed by atoms with van der Waals surface area (Å²) in [5.41, 5.74) is 4.60. The van der Waals surface area contributed by atoms with Gasteiger partial charge in [0.2, 0.25) is 0 Å². The van der Waals surface area contributed by atoms with Gasteiger partial charge in [0, 0.05) is 5.25 Å². The van der Waals surface area contributed by atoms with Crippen molar-refractivity contribution >= 4 is 17.7 Å². The molecule has 0 amide bonds. The van der Waals surface area contributed by atoms with Crippen molar-refractivity contribution in [3.05, 3.63) is 0 Å². The normalized spacial score (nSPS) is 21.5. The summed E-state index contributed by atoms with van der Waals surface area (Å²) in [5.74, 6) is 0.151. The van der Waals surface area contributed by atoms with Gasteiger partial charge in [-0.15, -0.1) is 0 Å². The molecular formula is C11H21NO2S. The van der Waals surface area contributed by atoms with E-state index in [9.17, 15) is 4.79 Å². The van der Waals surface area contributed by atoms with Crippen LogP contribution in [0.4, 0.5) is 0 Å². The highest BCUT2D eigenvalue weighted by Crippen LogP contribution is 2.30. The van der Waals surface area contributed by atoms with Crippen molar-refractivity contribution in [1.29, 1.82) is 0 Å². The van der Waals surface area contributed by atoms with Crippen LogP contribution in [0.3, 0.4) is 0 Å². The maximum atomic E-state index is 10.7. The Hall–Kier alpha value is -0.220. The number of carboxylic acid groups (broad SMARTS) is 1. The summed E-state index contributed by atoms with van der Waals surface area (Å²) >= 11 is 1.99. The molecular weight excluding hydrogens is 210 g/mol. The number of nitrogens with two attached hydrogens (primary N) is 1. The van der Waals surface area contributed by atoms with Crippen LogP contribution in [0.1, 0.15) is 45.4 Å². The van der Waals surface area contributed by atoms with E-state index in [-0.39, 0.29) is 0 Å². The van der Waals surface area contributed by atoms with Gasteiger partial charge >= 0.3 is 5.97 Å². The molecule has 0 aromatic heterocycles. The SMILES string of the molecule is CC(N)(CCCSC1CCCC1)C(=O)O. The number of aliphatic carboxylic acids is 1. The molecule has 88 valence electrons. The molecule has 0 spiro atoms. The first-order valence-corrected chi connectivity index (χ1v) is 6.71. The van der Waals surface area contributed by atoms with Gasteiger partial charge in [0.25, 0.3) is 0 Å². The number of hydrogen-bond acceptors (Lipinski definition) is 3. The van der Waals surface area contributed by atoms with E-state index in [0.717, 1.165) is 17.4 Å². The van der Waals surface area contributed by atoms with Crippen LogP contribution in [0.5, 0.6) is 0 Å². The van der Waals surface area contributed by atoms with Crippen LogP contribution >= 0.6 is 11.8 Å². The van der Waals surface area contributed by atoms with Crippen molar-refractivity contribution in [2.24, 2.45) is 5.73 Å². The molecule has 0 saturated heterocycles. The predicted molar refractivity (Wildman–Crippen MR) is 64.2 cm³/mol. The largest absolute Gasteiger partial charge is 0.480 e. The van der Waals surface area contributed by atoms with E-state index in [4.69, 9.17) is 10.8 Å². The van der Waals surface area contributed by atoms with Gasteiger partial charge in [-0.2, -0.15) is 11.8 Å². The molecule has 1 atom stereocenters. The molecule has 1 saturated carbocycles. The Balaban J connectivity index is 2.08. The molecule has 3 N–H and O–H groups in total. The van der Waals surface area contributed by atoms with E-state index < -0.39 is 11.5 Å². The zero-order valence-electron chi connectivity index (χ0n) is 9.37. The van der Waals surface area contributed by atoms with Gasteiger partial charge in [-0.25, -0.2) is 0 Å². The van der Waals surface area contributed by atoms with Crippen LogP contribution in [-0.2, 0) is 4.79 Å². The van der Waals surface area contributed by atoms with E-state index in [1.165, 1.54) is 25.7 Å². The lowest BCUT2D eigenvalue weighted by Gasteiger charge is -2.19. The quantitative estimate of drug-likeness (QED) is 0.688. The molecule has 1 aliphatic carbocycles. The highest BCUT2D eigenvalue weighted by molar-refractivity contribution is 7.99. The standard InChI is InChI=1S/C11H21NO2S/c1-11(12,10(13)14)7-4-8-15-9-5-2-3-6-9/h9H,2-8,12H2,1H3,(H,13,14). The minimum absolute atomic E-state index is 0.571. The highest BCUT2D eigenvalue weighted by atomic mass is 32.2. The second kappa shape index (κ2) is 5.75. The fraction of sp³-hybridized carbons (Fsp3) is 0.909. The van der Waals surface area contributed by atoms with Crippen molar-refractivity contribution in [2.45, 2.75) is 56.2 Å². The summed E-state index contributed by atoms with van der Waals surface area (Å²) in [7, 11) is 0. The summed E-state index contributed by atoms with van der Waals surface area (Å²) in [6.45, 7) is 1.59. The second-order valence-corrected chi connectivity index (χ2v) is 6.01. The average Bonchev–Trinajstić information content (AvgIpc) is 2.64. The van der Waals surface area contributed by atoms with E-state index in [1.54, 1.807) is 6.92 Å². The molecule has 4 heteroatoms. The monoisotopic (exact) mass is 231 g/mol. The van der Waals surface area contributed by atoms with Crippen LogP contribution < -0.4 is 5.73 Å². The lowest BCUT2D eigenvalue weighted by atomic mass is 9.98. The lowest BCUT2D eigenvalue weighted by Crippen LogP contribution is -2.44. The van der Waals surface area contributed by atoms with Gasteiger partial charge in [-0.3, -0.25) is 4.79 Å². The Morgan fingerprint density at radius 2 is 2.13 bits per heavy atom. The summed E-state index contributed by atoms with van der Waals surface area (Å²) in [6.07, 6.45) is 6.87. The first-order valence-electron chi connectivity index (χ1n) is 5.66. The molecule has 15 heavy (non-hydrogen) atoms. The molecule has 1 rings (SSSR count). The maximum absolute atomic E-state index is 10.7. The first kappa shape index (κ1) is 12.8. The van der Waals surface area contributed by atoms with Gasteiger partial charge in [-0.05, 0) is 38.4 Å².